The molecule has 0 N–H and O–H groups in total. The van der Waals surface area contributed by atoms with Crippen LogP contribution >= 0.6 is 0 Å². The van der Waals surface area contributed by atoms with E-state index in [1.807, 2.05) is 36.4 Å². The SMILES string of the molecule is O=C(O[C@H]1Cc2c(OCc3ccccc3)cc(OCc3ccccc3)c(C(=O)C(F)(F)F)c2O[C@@H]1c1ccc(OCc2ccccc2)c(OCc2ccccc2)c1)C(F)(F)F. The first-order valence-electron chi connectivity index (χ1n) is 18.9. The number of carbonyl (C=O) groups is 2. The van der Waals surface area contributed by atoms with E-state index in [9.17, 15) is 35.9 Å². The van der Waals surface area contributed by atoms with Gasteiger partial charge in [-0.05, 0) is 34.4 Å². The van der Waals surface area contributed by atoms with Crippen LogP contribution in [0.1, 0.15) is 49.8 Å². The number of halogens is 6. The van der Waals surface area contributed by atoms with Gasteiger partial charge in [-0.1, -0.05) is 127 Å². The smallest absolute Gasteiger partial charge is 0.488 e. The zero-order valence-corrected chi connectivity index (χ0v) is 32.1. The van der Waals surface area contributed by atoms with Gasteiger partial charge in [-0.25, -0.2) is 4.79 Å². The summed E-state index contributed by atoms with van der Waals surface area (Å²) in [6.07, 6.45) is -15.1. The second-order valence-electron chi connectivity index (χ2n) is 13.9. The third kappa shape index (κ3) is 10.6. The van der Waals surface area contributed by atoms with Crippen molar-refractivity contribution in [2.24, 2.45) is 0 Å². The third-order valence-corrected chi connectivity index (χ3v) is 9.51. The molecule has 0 unspecified atom stereocenters. The van der Waals surface area contributed by atoms with E-state index < -0.39 is 59.8 Å². The number of carbonyl (C=O) groups excluding carboxylic acids is 2. The number of alkyl halides is 6. The molecule has 0 fully saturated rings. The number of benzene rings is 6. The predicted octanol–water partition coefficient (Wildman–Crippen LogP) is 10.9. The molecule has 7 rings (SSSR count). The van der Waals surface area contributed by atoms with Gasteiger partial charge in [0.25, 0.3) is 5.78 Å². The van der Waals surface area contributed by atoms with Crippen LogP contribution < -0.4 is 23.7 Å². The van der Waals surface area contributed by atoms with Gasteiger partial charge in [0.1, 0.15) is 55.3 Å². The lowest BCUT2D eigenvalue weighted by Gasteiger charge is -2.36. The van der Waals surface area contributed by atoms with Gasteiger partial charge >= 0.3 is 18.3 Å². The minimum absolute atomic E-state index is 0.0152. The van der Waals surface area contributed by atoms with Gasteiger partial charge in [-0.15, -0.1) is 0 Å². The van der Waals surface area contributed by atoms with Crippen LogP contribution in [0.2, 0.25) is 0 Å². The standard InChI is InChI=1S/C47H36F6O8/c48-46(49,50)44(54)41-39(59-29-33-19-11-4-12-20-33)25-37(57-27-31-15-7-2-8-16-31)35-24-40(60-45(55)47(51,52)53)42(61-43(35)41)34-21-22-36(56-26-30-13-5-1-6-14-30)38(23-34)58-28-32-17-9-3-10-18-32/h1-23,25,40,42H,24,26-29H2/t40-,42+/m0/s1. The van der Waals surface area contributed by atoms with Crippen LogP contribution in [0.5, 0.6) is 28.7 Å². The van der Waals surface area contributed by atoms with Crippen molar-refractivity contribution in [3.05, 3.63) is 185 Å². The molecule has 0 amide bonds. The number of ether oxygens (including phenoxy) is 6. The number of ketones is 1. The van der Waals surface area contributed by atoms with E-state index in [0.717, 1.165) is 17.2 Å². The fraction of sp³-hybridized carbons (Fsp3) is 0.191. The maximum Gasteiger partial charge on any atom is 0.490 e. The van der Waals surface area contributed by atoms with Crippen LogP contribution in [0.4, 0.5) is 26.3 Å². The lowest BCUT2D eigenvalue weighted by Crippen LogP contribution is -2.39. The Morgan fingerprint density at radius 3 is 1.43 bits per heavy atom. The summed E-state index contributed by atoms with van der Waals surface area (Å²) in [5.41, 5.74) is 1.47. The molecule has 1 heterocycles. The molecule has 0 bridgehead atoms. The Morgan fingerprint density at radius 1 is 0.525 bits per heavy atom. The Hall–Kier alpha value is -6.96. The average molecular weight is 843 g/mol. The van der Waals surface area contributed by atoms with Gasteiger partial charge in [0.2, 0.25) is 0 Å². The van der Waals surface area contributed by atoms with Crippen LogP contribution in [0.15, 0.2) is 146 Å². The highest BCUT2D eigenvalue weighted by Crippen LogP contribution is 2.50. The molecule has 314 valence electrons. The molecule has 6 aromatic carbocycles. The van der Waals surface area contributed by atoms with Crippen LogP contribution in [-0.4, -0.2) is 30.2 Å². The molecular weight excluding hydrogens is 806 g/mol. The molecular formula is C47H36F6O8. The van der Waals surface area contributed by atoms with Gasteiger partial charge in [0, 0.05) is 23.6 Å². The van der Waals surface area contributed by atoms with Crippen molar-refractivity contribution >= 4 is 11.8 Å². The molecule has 1 aliphatic rings. The van der Waals surface area contributed by atoms with E-state index in [0.29, 0.717) is 11.1 Å². The quantitative estimate of drug-likeness (QED) is 0.0574. The van der Waals surface area contributed by atoms with E-state index in [4.69, 9.17) is 28.4 Å². The van der Waals surface area contributed by atoms with Crippen LogP contribution in [0.3, 0.4) is 0 Å². The van der Waals surface area contributed by atoms with Gasteiger partial charge in [-0.2, -0.15) is 26.3 Å². The molecule has 61 heavy (non-hydrogen) atoms. The van der Waals surface area contributed by atoms with Crippen molar-refractivity contribution in [1.29, 1.82) is 0 Å². The number of rotatable bonds is 15. The second-order valence-corrected chi connectivity index (χ2v) is 13.9. The molecule has 0 aliphatic carbocycles. The first-order valence-corrected chi connectivity index (χ1v) is 18.9. The van der Waals surface area contributed by atoms with Crippen LogP contribution in [0, 0.1) is 0 Å². The summed E-state index contributed by atoms with van der Waals surface area (Å²) in [7, 11) is 0. The highest BCUT2D eigenvalue weighted by atomic mass is 19.4. The Kier molecular flexibility index (Phi) is 12.8. The molecule has 8 nitrogen and oxygen atoms in total. The lowest BCUT2D eigenvalue weighted by molar-refractivity contribution is -0.209. The molecule has 2 atom stereocenters. The molecule has 0 radical (unpaired) electrons. The average Bonchev–Trinajstić information content (AvgIpc) is 3.26. The zero-order chi connectivity index (χ0) is 43.0. The third-order valence-electron chi connectivity index (χ3n) is 9.51. The van der Waals surface area contributed by atoms with Crippen LogP contribution in [0.25, 0.3) is 0 Å². The number of esters is 1. The van der Waals surface area contributed by atoms with E-state index in [1.165, 1.54) is 18.2 Å². The minimum atomic E-state index is -5.46. The maximum absolute atomic E-state index is 14.5. The van der Waals surface area contributed by atoms with Gasteiger partial charge in [-0.3, -0.25) is 4.79 Å². The summed E-state index contributed by atoms with van der Waals surface area (Å²) in [5, 5.41) is 0. The summed E-state index contributed by atoms with van der Waals surface area (Å²) >= 11 is 0. The molecule has 1 aliphatic heterocycles. The van der Waals surface area contributed by atoms with Crippen molar-refractivity contribution in [3.8, 4) is 28.7 Å². The van der Waals surface area contributed by atoms with E-state index in [-0.39, 0.29) is 54.8 Å². The monoisotopic (exact) mass is 842 g/mol. The molecule has 6 aromatic rings. The molecule has 0 saturated heterocycles. The Bertz CT molecular complexity index is 2430. The summed E-state index contributed by atoms with van der Waals surface area (Å²) in [5.74, 6) is -6.02. The first-order chi connectivity index (χ1) is 29.3. The fourth-order valence-corrected chi connectivity index (χ4v) is 6.55. The Morgan fingerprint density at radius 2 is 0.967 bits per heavy atom. The summed E-state index contributed by atoms with van der Waals surface area (Å²) < 4.78 is 121. The van der Waals surface area contributed by atoms with E-state index in [2.05, 4.69) is 0 Å². The highest BCUT2D eigenvalue weighted by Gasteiger charge is 2.49. The summed E-state index contributed by atoms with van der Waals surface area (Å²) in [4.78, 5) is 25.9. The van der Waals surface area contributed by atoms with Crippen molar-refractivity contribution < 1.29 is 64.4 Å². The normalized spacial score (nSPS) is 14.9. The fourth-order valence-electron chi connectivity index (χ4n) is 6.55. The second kappa shape index (κ2) is 18.5. The molecule has 14 heteroatoms. The van der Waals surface area contributed by atoms with E-state index in [1.54, 1.807) is 84.9 Å². The first kappa shape index (κ1) is 42.2. The predicted molar refractivity (Wildman–Crippen MR) is 209 cm³/mol. The molecule has 0 saturated carbocycles. The van der Waals surface area contributed by atoms with Crippen molar-refractivity contribution in [2.75, 3.05) is 0 Å². The van der Waals surface area contributed by atoms with Gasteiger partial charge in [0.05, 0.1) is 0 Å². The Labute approximate surface area is 346 Å². The van der Waals surface area contributed by atoms with Gasteiger partial charge < -0.3 is 28.4 Å². The van der Waals surface area contributed by atoms with Gasteiger partial charge in [0.15, 0.2) is 17.6 Å². The van der Waals surface area contributed by atoms with Crippen molar-refractivity contribution in [2.45, 2.75) is 57.4 Å². The Balaban J connectivity index is 1.35. The minimum Gasteiger partial charge on any atom is -0.488 e. The van der Waals surface area contributed by atoms with Crippen molar-refractivity contribution in [3.63, 3.8) is 0 Å². The maximum atomic E-state index is 14.5. The highest BCUT2D eigenvalue weighted by molar-refractivity contribution is 6.05. The van der Waals surface area contributed by atoms with E-state index >= 15 is 0 Å². The molecule has 0 spiro atoms. The lowest BCUT2D eigenvalue weighted by atomic mass is 9.90. The number of hydrogen-bond donors (Lipinski definition) is 0. The largest absolute Gasteiger partial charge is 0.490 e. The van der Waals surface area contributed by atoms with Crippen LogP contribution in [-0.2, 0) is 42.4 Å². The number of fused-ring (bicyclic) bond motifs is 1. The number of hydrogen-bond acceptors (Lipinski definition) is 8. The topological polar surface area (TPSA) is 89.5 Å². The molecule has 0 aromatic heterocycles. The number of Topliss-reactive ketones (excluding diaryl/α,β-unsaturated/α-hetero) is 1. The summed E-state index contributed by atoms with van der Waals surface area (Å²) in [6.45, 7) is -0.318. The zero-order valence-electron chi connectivity index (χ0n) is 32.1. The van der Waals surface area contributed by atoms with Crippen molar-refractivity contribution in [1.82, 2.24) is 0 Å². The summed E-state index contributed by atoms with van der Waals surface area (Å²) in [6, 6.07) is 40.5.